The number of aromatic amines is 1. The zero-order valence-corrected chi connectivity index (χ0v) is 18.7. The first-order chi connectivity index (χ1) is 15.2. The van der Waals surface area contributed by atoms with Gasteiger partial charge in [0.05, 0.1) is 23.9 Å². The fraction of sp³-hybridized carbons (Fsp3) is 0.500. The average Bonchev–Trinajstić information content (AvgIpc) is 3.49. The molecule has 1 heterocycles. The number of rotatable bonds is 7. The van der Waals surface area contributed by atoms with Crippen LogP contribution in [0.25, 0.3) is 10.9 Å². The van der Waals surface area contributed by atoms with Gasteiger partial charge in [0.1, 0.15) is 11.7 Å². The van der Waals surface area contributed by atoms with Crippen LogP contribution in [0.5, 0.6) is 0 Å². The number of sulfonamides is 1. The third kappa shape index (κ3) is 5.22. The SMILES string of the molecule is CS(=O)(=O)Nc1ccc2cc(C(=O)N[C@H]3CCCC[C@H]3C(=O)N[C@H](C#N)C3CC3)[nH]c2c1. The lowest BCUT2D eigenvalue weighted by Crippen LogP contribution is -2.50. The van der Waals surface area contributed by atoms with Crippen molar-refractivity contribution in [3.63, 3.8) is 0 Å². The highest BCUT2D eigenvalue weighted by Crippen LogP contribution is 2.33. The third-order valence-corrected chi connectivity index (χ3v) is 6.73. The van der Waals surface area contributed by atoms with Gasteiger partial charge in [-0.15, -0.1) is 0 Å². The van der Waals surface area contributed by atoms with Crippen LogP contribution in [0.4, 0.5) is 5.69 Å². The van der Waals surface area contributed by atoms with Gasteiger partial charge in [-0.1, -0.05) is 18.9 Å². The predicted octanol–water partition coefficient (Wildman–Crippen LogP) is 2.25. The highest BCUT2D eigenvalue weighted by molar-refractivity contribution is 7.92. The van der Waals surface area contributed by atoms with E-state index in [4.69, 9.17) is 0 Å². The quantitative estimate of drug-likeness (QED) is 0.504. The second-order valence-corrected chi connectivity index (χ2v) is 10.5. The minimum absolute atomic E-state index is 0.165. The maximum Gasteiger partial charge on any atom is 0.267 e. The van der Waals surface area contributed by atoms with E-state index in [1.54, 1.807) is 24.3 Å². The van der Waals surface area contributed by atoms with Gasteiger partial charge < -0.3 is 15.6 Å². The summed E-state index contributed by atoms with van der Waals surface area (Å²) < 4.78 is 25.3. The molecule has 0 saturated heterocycles. The molecule has 3 atom stereocenters. The second kappa shape index (κ2) is 8.82. The lowest BCUT2D eigenvalue weighted by atomic mass is 9.83. The summed E-state index contributed by atoms with van der Waals surface area (Å²) in [6, 6.07) is 8.11. The van der Waals surface area contributed by atoms with Crippen LogP contribution in [-0.4, -0.2) is 43.6 Å². The van der Waals surface area contributed by atoms with Crippen molar-refractivity contribution in [1.29, 1.82) is 5.26 Å². The number of fused-ring (bicyclic) bond motifs is 1. The van der Waals surface area contributed by atoms with Gasteiger partial charge in [-0.25, -0.2) is 8.42 Å². The lowest BCUT2D eigenvalue weighted by Gasteiger charge is -2.31. The first kappa shape index (κ1) is 22.1. The van der Waals surface area contributed by atoms with Crippen LogP contribution in [-0.2, 0) is 14.8 Å². The molecule has 0 bridgehead atoms. The Hall–Kier alpha value is -3.06. The molecule has 0 unspecified atom stereocenters. The van der Waals surface area contributed by atoms with Crippen molar-refractivity contribution in [2.75, 3.05) is 11.0 Å². The molecule has 0 spiro atoms. The van der Waals surface area contributed by atoms with E-state index in [0.717, 1.165) is 37.3 Å². The van der Waals surface area contributed by atoms with Crippen molar-refractivity contribution in [3.8, 4) is 6.07 Å². The van der Waals surface area contributed by atoms with Gasteiger partial charge in [0.15, 0.2) is 0 Å². The first-order valence-electron chi connectivity index (χ1n) is 10.8. The Bertz CT molecular complexity index is 1180. The summed E-state index contributed by atoms with van der Waals surface area (Å²) in [6.45, 7) is 0. The molecule has 170 valence electrons. The molecular formula is C22H27N5O4S. The van der Waals surface area contributed by atoms with E-state index in [9.17, 15) is 23.3 Å². The van der Waals surface area contributed by atoms with E-state index in [-0.39, 0.29) is 29.7 Å². The third-order valence-electron chi connectivity index (χ3n) is 6.12. The normalized spacial score (nSPS) is 22.0. The van der Waals surface area contributed by atoms with Gasteiger partial charge >= 0.3 is 0 Å². The summed E-state index contributed by atoms with van der Waals surface area (Å²) in [5, 5.41) is 16.0. The molecule has 2 saturated carbocycles. The average molecular weight is 458 g/mol. The van der Waals surface area contributed by atoms with Crippen LogP contribution in [0.1, 0.15) is 49.0 Å². The van der Waals surface area contributed by atoms with E-state index in [0.29, 0.717) is 29.7 Å². The first-order valence-corrected chi connectivity index (χ1v) is 12.7. The molecule has 4 N–H and O–H groups in total. The smallest absolute Gasteiger partial charge is 0.267 e. The van der Waals surface area contributed by atoms with Crippen LogP contribution in [0, 0.1) is 23.2 Å². The molecular weight excluding hydrogens is 430 g/mol. The maximum absolute atomic E-state index is 12.9. The molecule has 1 aromatic heterocycles. The van der Waals surface area contributed by atoms with Crippen molar-refractivity contribution in [2.45, 2.75) is 50.6 Å². The summed E-state index contributed by atoms with van der Waals surface area (Å²) >= 11 is 0. The number of nitrogens with one attached hydrogen (secondary N) is 4. The summed E-state index contributed by atoms with van der Waals surface area (Å²) in [5.41, 5.74) is 1.37. The van der Waals surface area contributed by atoms with Gasteiger partial charge in [0, 0.05) is 16.9 Å². The number of carbonyl (C=O) groups is 2. The molecule has 9 nitrogen and oxygen atoms in total. The van der Waals surface area contributed by atoms with E-state index in [2.05, 4.69) is 26.4 Å². The van der Waals surface area contributed by atoms with E-state index >= 15 is 0 Å². The Morgan fingerprint density at radius 2 is 1.91 bits per heavy atom. The second-order valence-electron chi connectivity index (χ2n) is 8.78. The molecule has 1 aromatic carbocycles. The molecule has 0 radical (unpaired) electrons. The van der Waals surface area contributed by atoms with Gasteiger partial charge in [-0.3, -0.25) is 14.3 Å². The summed E-state index contributed by atoms with van der Waals surface area (Å²) in [5.74, 6) is -0.601. The molecule has 2 aliphatic rings. The van der Waals surface area contributed by atoms with Crippen LogP contribution in [0.3, 0.4) is 0 Å². The Kier molecular flexibility index (Phi) is 6.11. The Morgan fingerprint density at radius 3 is 2.59 bits per heavy atom. The molecule has 2 amide bonds. The summed E-state index contributed by atoms with van der Waals surface area (Å²) in [6.07, 6.45) is 6.21. The number of aromatic nitrogens is 1. The molecule has 2 fully saturated rings. The predicted molar refractivity (Wildman–Crippen MR) is 120 cm³/mol. The number of nitriles is 1. The van der Waals surface area contributed by atoms with Crippen LogP contribution in [0.2, 0.25) is 0 Å². The summed E-state index contributed by atoms with van der Waals surface area (Å²) in [4.78, 5) is 28.8. The van der Waals surface area contributed by atoms with Crippen LogP contribution < -0.4 is 15.4 Å². The summed E-state index contributed by atoms with van der Waals surface area (Å²) in [7, 11) is -3.40. The largest absolute Gasteiger partial charge is 0.350 e. The van der Waals surface area contributed by atoms with Crippen LogP contribution in [0.15, 0.2) is 24.3 Å². The molecule has 32 heavy (non-hydrogen) atoms. The van der Waals surface area contributed by atoms with Crippen molar-refractivity contribution in [1.82, 2.24) is 15.6 Å². The Balaban J connectivity index is 1.45. The highest BCUT2D eigenvalue weighted by atomic mass is 32.2. The van der Waals surface area contributed by atoms with Crippen molar-refractivity contribution < 1.29 is 18.0 Å². The number of nitrogens with zero attached hydrogens (tertiary/aromatic N) is 1. The van der Waals surface area contributed by atoms with Gasteiger partial charge in [0.2, 0.25) is 15.9 Å². The minimum atomic E-state index is -3.40. The van der Waals surface area contributed by atoms with Gasteiger partial charge in [-0.05, 0) is 49.8 Å². The van der Waals surface area contributed by atoms with E-state index in [1.807, 2.05) is 0 Å². The zero-order valence-electron chi connectivity index (χ0n) is 17.8. The minimum Gasteiger partial charge on any atom is -0.350 e. The zero-order chi connectivity index (χ0) is 22.9. The number of H-pyrrole nitrogens is 1. The molecule has 2 aliphatic carbocycles. The topological polar surface area (TPSA) is 144 Å². The van der Waals surface area contributed by atoms with Crippen molar-refractivity contribution in [3.05, 3.63) is 30.0 Å². The van der Waals surface area contributed by atoms with Crippen LogP contribution >= 0.6 is 0 Å². The number of benzene rings is 1. The highest BCUT2D eigenvalue weighted by Gasteiger charge is 2.37. The van der Waals surface area contributed by atoms with E-state index < -0.39 is 16.1 Å². The number of anilines is 1. The standard InChI is InChI=1S/C22H27N5O4S/c1-32(30,31)27-15-9-8-14-10-19(24-18(14)11-15)22(29)25-17-5-3-2-4-16(17)21(28)26-20(12-23)13-6-7-13/h8-11,13,16-17,20,24,27H,2-7H2,1H3,(H,25,29)(H,26,28)/t16-,17+,20-/m1/s1. The van der Waals surface area contributed by atoms with Gasteiger partial charge in [-0.2, -0.15) is 5.26 Å². The molecule has 2 aromatic rings. The van der Waals surface area contributed by atoms with E-state index in [1.165, 1.54) is 0 Å². The van der Waals surface area contributed by atoms with Gasteiger partial charge in [0.25, 0.3) is 5.91 Å². The monoisotopic (exact) mass is 457 g/mol. The fourth-order valence-corrected chi connectivity index (χ4v) is 4.89. The number of hydrogen-bond acceptors (Lipinski definition) is 5. The molecule has 4 rings (SSSR count). The number of amides is 2. The number of carbonyl (C=O) groups excluding carboxylic acids is 2. The fourth-order valence-electron chi connectivity index (χ4n) is 4.34. The molecule has 10 heteroatoms. The Morgan fingerprint density at radius 1 is 1.16 bits per heavy atom. The molecule has 0 aliphatic heterocycles. The Labute approximate surface area is 187 Å². The maximum atomic E-state index is 12.9. The number of hydrogen-bond donors (Lipinski definition) is 4. The van der Waals surface area contributed by atoms with Crippen molar-refractivity contribution >= 4 is 38.4 Å². The van der Waals surface area contributed by atoms with Crippen molar-refractivity contribution in [2.24, 2.45) is 11.8 Å². The lowest BCUT2D eigenvalue weighted by molar-refractivity contribution is -0.127.